The number of sulfonamides is 1. The third kappa shape index (κ3) is 8.68. The molecule has 3 fully saturated rings. The van der Waals surface area contributed by atoms with Gasteiger partial charge in [0.2, 0.25) is 21.7 Å². The zero-order valence-corrected chi connectivity index (χ0v) is 33.4. The molecule has 294 valence electrons. The number of likely N-dealkylation sites (tertiary alicyclic amines) is 1. The smallest absolute Gasteiger partial charge is 0.315 e. The molecule has 1 aromatic carbocycles. The summed E-state index contributed by atoms with van der Waals surface area (Å²) >= 11 is 0. The molecule has 2 aliphatic carbocycles. The zero-order valence-electron chi connectivity index (χ0n) is 32.6. The highest BCUT2D eigenvalue weighted by molar-refractivity contribution is 7.89. The number of fused-ring (bicyclic) bond motifs is 2. The van der Waals surface area contributed by atoms with Crippen molar-refractivity contribution in [3.05, 3.63) is 42.5 Å². The molecule has 0 aromatic heterocycles. The number of hydrogen-bond donors (Lipinski definition) is 2. The largest absolute Gasteiger partial charge is 0.334 e. The fourth-order valence-corrected chi connectivity index (χ4v) is 10.8. The standard InChI is InChI=1S/C42H58N4O7S/c1-8-10-17-28(37(49)32(47)21-11-9-2)23-33(48)36-35-30(42(35,6)7)25-46(36)39(50)38(41(3,4)5)44-40(51)43-31(27-18-13-12-14-19-27)26-45-24-29-20-15-16-22-34(29)54(45,52)53/h1,9,15-16,20,22,27-28,30-31,35-36,38H,2,10-14,17-19,21,23-26H2,3-7H3,(H2,43,44,51)/t28?,30-,31+,35-,36+,38+/m0/s1. The first kappa shape index (κ1) is 41.3. The Bertz CT molecular complexity index is 1790. The highest BCUT2D eigenvalue weighted by Gasteiger charge is 2.69. The molecular weight excluding hydrogens is 705 g/mol. The molecule has 0 bridgehead atoms. The summed E-state index contributed by atoms with van der Waals surface area (Å²) in [5.41, 5.74) is -0.224. The number of carbonyl (C=O) groups excluding carboxylic acids is 5. The monoisotopic (exact) mass is 762 g/mol. The van der Waals surface area contributed by atoms with Crippen LogP contribution in [0.5, 0.6) is 0 Å². The van der Waals surface area contributed by atoms with Gasteiger partial charge in [-0.15, -0.1) is 18.9 Å². The van der Waals surface area contributed by atoms with Gasteiger partial charge in [0.1, 0.15) is 6.04 Å². The Labute approximate surface area is 321 Å². The van der Waals surface area contributed by atoms with Crippen molar-refractivity contribution in [2.24, 2.45) is 34.5 Å². The minimum atomic E-state index is -3.72. The molecule has 6 atom stereocenters. The molecule has 2 saturated carbocycles. The molecule has 1 aromatic rings. The lowest BCUT2D eigenvalue weighted by Gasteiger charge is -2.38. The molecule has 2 heterocycles. The average molecular weight is 763 g/mol. The van der Waals surface area contributed by atoms with Crippen LogP contribution in [-0.2, 0) is 35.7 Å². The van der Waals surface area contributed by atoms with E-state index in [1.165, 1.54) is 4.31 Å². The molecule has 0 spiro atoms. The van der Waals surface area contributed by atoms with Gasteiger partial charge in [0.15, 0.2) is 11.6 Å². The second-order valence-electron chi connectivity index (χ2n) is 17.4. The topological polar surface area (TPSA) is 150 Å². The second-order valence-corrected chi connectivity index (χ2v) is 19.3. The number of piperidine rings is 1. The van der Waals surface area contributed by atoms with Crippen molar-refractivity contribution < 1.29 is 32.4 Å². The molecule has 4 aliphatic rings. The Balaban J connectivity index is 1.34. The lowest BCUT2D eigenvalue weighted by Crippen LogP contribution is -2.61. The van der Waals surface area contributed by atoms with E-state index in [4.69, 9.17) is 6.42 Å². The Kier molecular flexibility index (Phi) is 12.6. The van der Waals surface area contributed by atoms with Crippen molar-refractivity contribution in [3.63, 3.8) is 0 Å². The molecule has 12 heteroatoms. The van der Waals surface area contributed by atoms with Crippen molar-refractivity contribution in [2.75, 3.05) is 13.1 Å². The van der Waals surface area contributed by atoms with Crippen LogP contribution < -0.4 is 10.6 Å². The number of hydrogen-bond acceptors (Lipinski definition) is 7. The molecule has 1 unspecified atom stereocenters. The van der Waals surface area contributed by atoms with E-state index < -0.39 is 57.1 Å². The number of ketones is 3. The first-order valence-electron chi connectivity index (χ1n) is 19.5. The molecule has 3 amide bonds. The Morgan fingerprint density at radius 3 is 2.39 bits per heavy atom. The molecule has 54 heavy (non-hydrogen) atoms. The van der Waals surface area contributed by atoms with Gasteiger partial charge in [-0.05, 0) is 65.9 Å². The maximum absolute atomic E-state index is 14.6. The van der Waals surface area contributed by atoms with Crippen LogP contribution in [0.1, 0.15) is 104 Å². The molecular formula is C42H58N4O7S. The van der Waals surface area contributed by atoms with E-state index in [1.54, 1.807) is 23.1 Å². The number of benzene rings is 1. The van der Waals surface area contributed by atoms with Crippen molar-refractivity contribution in [1.82, 2.24) is 19.8 Å². The zero-order chi connectivity index (χ0) is 39.6. The normalized spacial score (nSPS) is 24.6. The van der Waals surface area contributed by atoms with Crippen LogP contribution in [0, 0.1) is 46.8 Å². The van der Waals surface area contributed by atoms with E-state index in [0.717, 1.165) is 37.7 Å². The van der Waals surface area contributed by atoms with Crippen LogP contribution in [0.15, 0.2) is 41.8 Å². The van der Waals surface area contributed by atoms with E-state index in [0.29, 0.717) is 13.0 Å². The molecule has 1 saturated heterocycles. The Morgan fingerprint density at radius 2 is 1.76 bits per heavy atom. The average Bonchev–Trinajstić information content (AvgIpc) is 3.38. The Morgan fingerprint density at radius 1 is 1.07 bits per heavy atom. The maximum atomic E-state index is 14.6. The molecule has 0 radical (unpaired) electrons. The van der Waals surface area contributed by atoms with Crippen molar-refractivity contribution in [3.8, 4) is 12.3 Å². The predicted octanol–water partition coefficient (Wildman–Crippen LogP) is 5.43. The van der Waals surface area contributed by atoms with Crippen LogP contribution in [0.3, 0.4) is 0 Å². The van der Waals surface area contributed by atoms with Crippen molar-refractivity contribution >= 4 is 39.3 Å². The molecule has 2 aliphatic heterocycles. The summed E-state index contributed by atoms with van der Waals surface area (Å²) in [6.07, 6.45) is 12.4. The summed E-state index contributed by atoms with van der Waals surface area (Å²) in [7, 11) is -3.72. The summed E-state index contributed by atoms with van der Waals surface area (Å²) in [6.45, 7) is 14.0. The number of terminal acetylenes is 1. The summed E-state index contributed by atoms with van der Waals surface area (Å²) in [6, 6.07) is 4.07. The number of carbonyl (C=O) groups is 5. The van der Waals surface area contributed by atoms with E-state index >= 15 is 0 Å². The molecule has 2 N–H and O–H groups in total. The third-order valence-corrected chi connectivity index (χ3v) is 14.3. The van der Waals surface area contributed by atoms with Crippen LogP contribution >= 0.6 is 0 Å². The van der Waals surface area contributed by atoms with Crippen LogP contribution in [-0.4, -0.2) is 78.1 Å². The van der Waals surface area contributed by atoms with Crippen molar-refractivity contribution in [1.29, 1.82) is 0 Å². The van der Waals surface area contributed by atoms with E-state index in [9.17, 15) is 32.4 Å². The second kappa shape index (κ2) is 16.5. The minimum absolute atomic E-state index is 0.0128. The lowest BCUT2D eigenvalue weighted by molar-refractivity contribution is -0.144. The summed E-state index contributed by atoms with van der Waals surface area (Å²) < 4.78 is 28.4. The third-order valence-electron chi connectivity index (χ3n) is 12.4. The summed E-state index contributed by atoms with van der Waals surface area (Å²) in [5.74, 6) is -0.200. The van der Waals surface area contributed by atoms with Gasteiger partial charge in [0, 0.05) is 50.9 Å². The van der Waals surface area contributed by atoms with Gasteiger partial charge >= 0.3 is 6.03 Å². The van der Waals surface area contributed by atoms with Gasteiger partial charge in [0.05, 0.1) is 10.9 Å². The maximum Gasteiger partial charge on any atom is 0.315 e. The quantitative estimate of drug-likeness (QED) is 0.130. The fourth-order valence-electron chi connectivity index (χ4n) is 9.10. The summed E-state index contributed by atoms with van der Waals surface area (Å²) in [5, 5.41) is 6.04. The SMILES string of the molecule is C#CCCC(CC(=O)[C@@H]1[C@@H]2[C@H](CN1C(=O)[C@@H](NC(=O)N[C@H](CN1Cc3ccccc3S1(=O)=O)C1CCCCC1)C(C)(C)C)C2(C)C)C(=O)C(=O)CCC=C. The summed E-state index contributed by atoms with van der Waals surface area (Å²) in [4.78, 5) is 70.6. The number of allylic oxidation sites excluding steroid dienone is 1. The fraction of sp³-hybridized carbons (Fsp3) is 0.643. The highest BCUT2D eigenvalue weighted by Crippen LogP contribution is 2.65. The first-order valence-corrected chi connectivity index (χ1v) is 21.0. The number of Topliss-reactive ketones (excluding diaryl/α,β-unsaturated/α-hetero) is 3. The van der Waals surface area contributed by atoms with E-state index in [1.807, 2.05) is 32.9 Å². The number of amides is 3. The van der Waals surface area contributed by atoms with Crippen molar-refractivity contribution in [2.45, 2.75) is 128 Å². The molecule has 11 nitrogen and oxygen atoms in total. The van der Waals surface area contributed by atoms with Gasteiger partial charge in [-0.1, -0.05) is 78.2 Å². The van der Waals surface area contributed by atoms with Gasteiger partial charge in [0.25, 0.3) is 0 Å². The molecule has 5 rings (SSSR count). The first-order chi connectivity index (χ1) is 25.4. The highest BCUT2D eigenvalue weighted by atomic mass is 32.2. The van der Waals surface area contributed by atoms with Gasteiger partial charge < -0.3 is 15.5 Å². The number of nitrogens with zero attached hydrogens (tertiary/aromatic N) is 2. The van der Waals surface area contributed by atoms with Gasteiger partial charge in [-0.3, -0.25) is 19.2 Å². The minimum Gasteiger partial charge on any atom is -0.334 e. The Hall–Kier alpha value is -3.82. The predicted molar refractivity (Wildman–Crippen MR) is 206 cm³/mol. The van der Waals surface area contributed by atoms with Crippen LogP contribution in [0.2, 0.25) is 0 Å². The van der Waals surface area contributed by atoms with Gasteiger partial charge in [-0.2, -0.15) is 4.31 Å². The van der Waals surface area contributed by atoms with Crippen LogP contribution in [0.4, 0.5) is 4.79 Å². The number of urea groups is 1. The number of rotatable bonds is 16. The van der Waals surface area contributed by atoms with Crippen LogP contribution in [0.25, 0.3) is 0 Å². The van der Waals surface area contributed by atoms with Gasteiger partial charge in [-0.25, -0.2) is 13.2 Å². The number of nitrogens with one attached hydrogen (secondary N) is 2. The lowest BCUT2D eigenvalue weighted by atomic mass is 9.83. The van der Waals surface area contributed by atoms with E-state index in [-0.39, 0.29) is 78.5 Å². The van der Waals surface area contributed by atoms with E-state index in [2.05, 4.69) is 37.0 Å².